The molecule has 9 heteroatoms. The molecule has 0 radical (unpaired) electrons. The Bertz CT molecular complexity index is 927. The maximum atomic E-state index is 12.5. The Morgan fingerprint density at radius 1 is 0.583 bits per heavy atom. The highest BCUT2D eigenvalue weighted by atomic mass is 31.2. The largest absolute Gasteiger partial charge is 0.472 e. The molecule has 0 rings (SSSR count). The van der Waals surface area contributed by atoms with E-state index in [1.165, 1.54) is 32.1 Å². The van der Waals surface area contributed by atoms with Crippen LogP contribution in [-0.4, -0.2) is 42.8 Å². The Balaban J connectivity index is 4.17. The van der Waals surface area contributed by atoms with Gasteiger partial charge in [0.2, 0.25) is 0 Å². The SMILES string of the molecule is CC/C=C\C/C=C\C/C=C\CCCCCCCCCC(=O)OC(COC(=O)CCCCCCC/C=C\CCCC)COP(=O)(O)OCC. The monoisotopic (exact) mass is 696 g/mol. The van der Waals surface area contributed by atoms with E-state index in [4.69, 9.17) is 18.5 Å². The van der Waals surface area contributed by atoms with Crippen LogP contribution in [0.2, 0.25) is 0 Å². The summed E-state index contributed by atoms with van der Waals surface area (Å²) in [6.45, 7) is 5.28. The third-order valence-electron chi connectivity index (χ3n) is 7.62. The molecule has 0 heterocycles. The number of esters is 2. The van der Waals surface area contributed by atoms with Gasteiger partial charge in [0.1, 0.15) is 6.61 Å². The van der Waals surface area contributed by atoms with E-state index in [9.17, 15) is 19.0 Å². The molecule has 0 aliphatic heterocycles. The van der Waals surface area contributed by atoms with Gasteiger partial charge in [-0.3, -0.25) is 18.6 Å². The van der Waals surface area contributed by atoms with Gasteiger partial charge in [0.15, 0.2) is 6.10 Å². The highest BCUT2D eigenvalue weighted by Crippen LogP contribution is 2.43. The van der Waals surface area contributed by atoms with Crippen molar-refractivity contribution < 1.29 is 37.6 Å². The molecular formula is C39H69O8P. The predicted molar refractivity (Wildman–Crippen MR) is 198 cm³/mol. The summed E-state index contributed by atoms with van der Waals surface area (Å²) in [5, 5.41) is 0. The van der Waals surface area contributed by atoms with Crippen LogP contribution in [0, 0.1) is 0 Å². The zero-order chi connectivity index (χ0) is 35.4. The average molecular weight is 697 g/mol. The van der Waals surface area contributed by atoms with Crippen molar-refractivity contribution in [1.29, 1.82) is 0 Å². The third kappa shape index (κ3) is 33.9. The van der Waals surface area contributed by atoms with E-state index in [-0.39, 0.29) is 32.0 Å². The lowest BCUT2D eigenvalue weighted by Crippen LogP contribution is -2.29. The van der Waals surface area contributed by atoms with Gasteiger partial charge in [-0.1, -0.05) is 127 Å². The average Bonchev–Trinajstić information content (AvgIpc) is 3.06. The normalized spacial score (nSPS) is 14.0. The van der Waals surface area contributed by atoms with E-state index < -0.39 is 26.5 Å². The molecule has 2 atom stereocenters. The Morgan fingerprint density at radius 2 is 1.06 bits per heavy atom. The fraction of sp³-hybridized carbons (Fsp3) is 0.744. The molecule has 0 spiro atoms. The summed E-state index contributed by atoms with van der Waals surface area (Å²) in [6, 6.07) is 0. The van der Waals surface area contributed by atoms with Crippen molar-refractivity contribution in [2.45, 2.75) is 168 Å². The Morgan fingerprint density at radius 3 is 1.62 bits per heavy atom. The molecule has 8 nitrogen and oxygen atoms in total. The van der Waals surface area contributed by atoms with Crippen molar-refractivity contribution in [2.24, 2.45) is 0 Å². The molecule has 0 saturated carbocycles. The Kier molecular flexibility index (Phi) is 33.4. The zero-order valence-corrected chi connectivity index (χ0v) is 31.5. The number of unbranched alkanes of at least 4 members (excludes halogenated alkanes) is 14. The highest BCUT2D eigenvalue weighted by molar-refractivity contribution is 7.47. The van der Waals surface area contributed by atoms with E-state index in [2.05, 4.69) is 62.5 Å². The van der Waals surface area contributed by atoms with Gasteiger partial charge >= 0.3 is 19.8 Å². The van der Waals surface area contributed by atoms with Crippen LogP contribution in [0.15, 0.2) is 48.6 Å². The number of phosphoric acid groups is 1. The van der Waals surface area contributed by atoms with Crippen LogP contribution in [-0.2, 0) is 32.7 Å². The quantitative estimate of drug-likeness (QED) is 0.0306. The smallest absolute Gasteiger partial charge is 0.462 e. The number of phosphoric ester groups is 1. The van der Waals surface area contributed by atoms with Gasteiger partial charge < -0.3 is 14.4 Å². The minimum Gasteiger partial charge on any atom is -0.462 e. The van der Waals surface area contributed by atoms with Crippen LogP contribution < -0.4 is 0 Å². The third-order valence-corrected chi connectivity index (χ3v) is 8.68. The van der Waals surface area contributed by atoms with Crippen LogP contribution in [0.4, 0.5) is 0 Å². The molecule has 0 aromatic rings. The number of carbonyl (C=O) groups excluding carboxylic acids is 2. The zero-order valence-electron chi connectivity index (χ0n) is 30.6. The lowest BCUT2D eigenvalue weighted by molar-refractivity contribution is -0.161. The number of ether oxygens (including phenoxy) is 2. The maximum absolute atomic E-state index is 12.5. The van der Waals surface area contributed by atoms with Gasteiger partial charge in [-0.2, -0.15) is 0 Å². The minimum atomic E-state index is -4.28. The van der Waals surface area contributed by atoms with Crippen molar-refractivity contribution in [2.75, 3.05) is 19.8 Å². The molecule has 0 fully saturated rings. The fourth-order valence-corrected chi connectivity index (χ4v) is 5.61. The number of rotatable bonds is 34. The van der Waals surface area contributed by atoms with Crippen LogP contribution in [0.25, 0.3) is 0 Å². The predicted octanol–water partition coefficient (Wildman–Crippen LogP) is 11.4. The topological polar surface area (TPSA) is 108 Å². The molecular weight excluding hydrogens is 627 g/mol. The minimum absolute atomic E-state index is 0.00459. The second-order valence-corrected chi connectivity index (χ2v) is 13.7. The number of hydrogen-bond donors (Lipinski definition) is 1. The summed E-state index contributed by atoms with van der Waals surface area (Å²) in [5.74, 6) is -0.825. The first-order chi connectivity index (χ1) is 23.3. The molecule has 0 aliphatic rings. The summed E-state index contributed by atoms with van der Waals surface area (Å²) in [4.78, 5) is 34.6. The fourth-order valence-electron chi connectivity index (χ4n) is 4.86. The van der Waals surface area contributed by atoms with Gasteiger partial charge in [-0.25, -0.2) is 4.57 Å². The molecule has 0 bridgehead atoms. The summed E-state index contributed by atoms with van der Waals surface area (Å²) in [7, 11) is -4.28. The summed E-state index contributed by atoms with van der Waals surface area (Å²) in [6.07, 6.45) is 38.8. The number of carbonyl (C=O) groups is 2. The summed E-state index contributed by atoms with van der Waals surface area (Å²) in [5.41, 5.74) is 0. The van der Waals surface area contributed by atoms with E-state index in [0.717, 1.165) is 89.9 Å². The molecule has 48 heavy (non-hydrogen) atoms. The van der Waals surface area contributed by atoms with Gasteiger partial charge in [0.05, 0.1) is 13.2 Å². The van der Waals surface area contributed by atoms with Gasteiger partial charge in [-0.05, 0) is 71.1 Å². The molecule has 278 valence electrons. The van der Waals surface area contributed by atoms with Gasteiger partial charge in [0, 0.05) is 12.8 Å². The first-order valence-electron chi connectivity index (χ1n) is 18.9. The van der Waals surface area contributed by atoms with Crippen molar-refractivity contribution in [1.82, 2.24) is 0 Å². The summed E-state index contributed by atoms with van der Waals surface area (Å²) >= 11 is 0. The molecule has 0 amide bonds. The van der Waals surface area contributed by atoms with E-state index in [1.54, 1.807) is 6.92 Å². The summed E-state index contributed by atoms with van der Waals surface area (Å²) < 4.78 is 32.5. The van der Waals surface area contributed by atoms with Crippen LogP contribution >= 0.6 is 7.82 Å². The van der Waals surface area contributed by atoms with E-state index in [0.29, 0.717) is 6.42 Å². The molecule has 0 aromatic heterocycles. The number of hydrogen-bond acceptors (Lipinski definition) is 7. The van der Waals surface area contributed by atoms with Crippen LogP contribution in [0.5, 0.6) is 0 Å². The Hall–Kier alpha value is -1.99. The van der Waals surface area contributed by atoms with Crippen LogP contribution in [0.3, 0.4) is 0 Å². The van der Waals surface area contributed by atoms with E-state index in [1.807, 2.05) is 0 Å². The van der Waals surface area contributed by atoms with Gasteiger partial charge in [0.25, 0.3) is 0 Å². The maximum Gasteiger partial charge on any atom is 0.472 e. The molecule has 0 aliphatic carbocycles. The molecule has 0 aromatic carbocycles. The molecule has 0 saturated heterocycles. The highest BCUT2D eigenvalue weighted by Gasteiger charge is 2.25. The van der Waals surface area contributed by atoms with Crippen molar-refractivity contribution in [3.8, 4) is 0 Å². The number of allylic oxidation sites excluding steroid dienone is 8. The van der Waals surface area contributed by atoms with Crippen molar-refractivity contribution in [3.63, 3.8) is 0 Å². The molecule has 2 unspecified atom stereocenters. The lowest BCUT2D eigenvalue weighted by Gasteiger charge is -2.19. The first kappa shape index (κ1) is 46.0. The molecule has 1 N–H and O–H groups in total. The van der Waals surface area contributed by atoms with Crippen molar-refractivity contribution >= 4 is 19.8 Å². The van der Waals surface area contributed by atoms with Crippen molar-refractivity contribution in [3.05, 3.63) is 48.6 Å². The lowest BCUT2D eigenvalue weighted by atomic mass is 10.1. The van der Waals surface area contributed by atoms with Gasteiger partial charge in [-0.15, -0.1) is 0 Å². The second-order valence-electron chi connectivity index (χ2n) is 12.2. The first-order valence-corrected chi connectivity index (χ1v) is 20.4. The second kappa shape index (κ2) is 34.9. The van der Waals surface area contributed by atoms with Crippen LogP contribution in [0.1, 0.15) is 162 Å². The Labute approximate surface area is 293 Å². The standard InChI is InChI=1S/C39H69O8P/c1-4-7-9-11-13-15-17-18-19-20-21-22-24-26-28-30-32-34-39(41)47-37(36-46-48(42,43)45-6-3)35-44-38(40)33-31-29-27-25-23-16-14-12-10-8-5-2/h7,9,12-15,18-19,37H,4-6,8,10-11,16-17,20-36H2,1-3H3,(H,42,43)/b9-7-,14-12-,15-13-,19-18-. The van der Waals surface area contributed by atoms with E-state index >= 15 is 0 Å².